The number of rotatable bonds is 1. The number of carbonyl (C=O) groups is 1. The molecule has 1 atom stereocenters. The molecular formula is C3H6NaO3. The van der Waals surface area contributed by atoms with Crippen molar-refractivity contribution in [2.24, 2.45) is 0 Å². The molecule has 0 rings (SSSR count). The fourth-order valence-electron chi connectivity index (χ4n) is 0. The minimum atomic E-state index is -3.40. The third-order valence-electron chi connectivity index (χ3n) is 0.203. The number of carboxylic acids is 1. The summed E-state index contributed by atoms with van der Waals surface area (Å²) in [6, 6.07) is 0. The minimum Gasteiger partial charge on any atom is -0.479 e. The molecule has 0 amide bonds. The van der Waals surface area contributed by atoms with E-state index in [-0.39, 0.29) is 29.6 Å². The first-order chi connectivity index (χ1) is 4.19. The maximum Gasteiger partial charge on any atom is 0.332 e. The molecule has 0 aromatic heterocycles. The monoisotopic (exact) mass is 117 g/mol. The van der Waals surface area contributed by atoms with Crippen LogP contribution in [0.2, 0.25) is 0 Å². The van der Waals surface area contributed by atoms with Gasteiger partial charge in [-0.05, 0) is 6.85 Å². The van der Waals surface area contributed by atoms with E-state index in [2.05, 4.69) is 0 Å². The van der Waals surface area contributed by atoms with Crippen LogP contribution < -0.4 is 0 Å². The Morgan fingerprint density at radius 2 is 2.57 bits per heavy atom. The summed E-state index contributed by atoms with van der Waals surface area (Å²) in [6.07, 6.45) is -3.40. The van der Waals surface area contributed by atoms with Gasteiger partial charge in [-0.2, -0.15) is 0 Å². The van der Waals surface area contributed by atoms with E-state index in [0.29, 0.717) is 0 Å². The van der Waals surface area contributed by atoms with Crippen LogP contribution in [0, 0.1) is 0 Å². The third kappa shape index (κ3) is 6.43. The Bertz CT molecular complexity index is 153. The van der Waals surface area contributed by atoms with Crippen molar-refractivity contribution in [2.45, 2.75) is 12.9 Å². The second-order valence-electron chi connectivity index (χ2n) is 0.654. The third-order valence-corrected chi connectivity index (χ3v) is 0.203. The second-order valence-corrected chi connectivity index (χ2v) is 0.654. The van der Waals surface area contributed by atoms with E-state index in [1.54, 1.807) is 0 Å². The van der Waals surface area contributed by atoms with Crippen LogP contribution in [0.4, 0.5) is 0 Å². The van der Waals surface area contributed by atoms with Crippen molar-refractivity contribution in [3.63, 3.8) is 0 Å². The van der Waals surface area contributed by atoms with Gasteiger partial charge in [0.05, 0.1) is 1.37 Å². The molecule has 0 fully saturated rings. The molecule has 4 heteroatoms. The van der Waals surface area contributed by atoms with Gasteiger partial charge in [-0.1, -0.05) is 0 Å². The number of carboxylic acid groups (broad SMARTS) is 1. The largest absolute Gasteiger partial charge is 0.479 e. The van der Waals surface area contributed by atoms with E-state index in [1.165, 1.54) is 0 Å². The predicted octanol–water partition coefficient (Wildman–Crippen LogP) is -0.929. The molecule has 3 nitrogen and oxygen atoms in total. The van der Waals surface area contributed by atoms with Gasteiger partial charge in [0, 0.05) is 33.7 Å². The van der Waals surface area contributed by atoms with Crippen LogP contribution in [-0.4, -0.2) is 51.8 Å². The van der Waals surface area contributed by atoms with Crippen LogP contribution in [0.5, 0.6) is 0 Å². The van der Waals surface area contributed by atoms with Gasteiger partial charge in [0.25, 0.3) is 0 Å². The minimum absolute atomic E-state index is 0. The Labute approximate surface area is 69.3 Å². The van der Waals surface area contributed by atoms with Crippen molar-refractivity contribution in [2.75, 3.05) is 0 Å². The molecule has 7 heavy (non-hydrogen) atoms. The van der Waals surface area contributed by atoms with E-state index in [1.807, 2.05) is 0 Å². The predicted molar refractivity (Wildman–Crippen MR) is 25.1 cm³/mol. The number of hydrogen-bond donors (Lipinski definition) is 2. The van der Waals surface area contributed by atoms with Gasteiger partial charge in [-0.15, -0.1) is 0 Å². The van der Waals surface area contributed by atoms with E-state index >= 15 is 0 Å². The molecule has 1 radical (unpaired) electrons. The van der Waals surface area contributed by atoms with Gasteiger partial charge in [-0.25, -0.2) is 4.79 Å². The standard InChI is InChI=1S/C3H6O3.Na/c1-2(4)3(5)6;/h2,4H,1H3,(H,5,6);/i1D3,2D;. The fraction of sp³-hybridized carbons (Fsp3) is 0.667. The molecule has 0 heterocycles. The Kier molecular flexibility index (Phi) is 2.26. The summed E-state index contributed by atoms with van der Waals surface area (Å²) in [7, 11) is 0. The summed E-state index contributed by atoms with van der Waals surface area (Å²) in [5.41, 5.74) is 0. The van der Waals surface area contributed by atoms with Crippen LogP contribution in [0.1, 0.15) is 12.3 Å². The van der Waals surface area contributed by atoms with Gasteiger partial charge in [0.15, 0.2) is 0 Å². The van der Waals surface area contributed by atoms with Crippen molar-refractivity contribution in [1.29, 1.82) is 0 Å². The van der Waals surface area contributed by atoms with Crippen LogP contribution in [0.15, 0.2) is 0 Å². The molecule has 0 aromatic rings. The van der Waals surface area contributed by atoms with Crippen LogP contribution in [0.25, 0.3) is 0 Å². The zero-order chi connectivity index (χ0) is 8.58. The first-order valence-electron chi connectivity index (χ1n) is 3.15. The van der Waals surface area contributed by atoms with E-state index in [4.69, 9.17) is 15.7 Å². The first kappa shape index (κ1) is 3.45. The molecule has 0 saturated carbocycles. The summed E-state index contributed by atoms with van der Waals surface area (Å²) < 4.78 is 25.6. The van der Waals surface area contributed by atoms with Crippen molar-refractivity contribution in [3.8, 4) is 0 Å². The molecule has 0 aliphatic rings. The van der Waals surface area contributed by atoms with Crippen LogP contribution in [-0.2, 0) is 4.79 Å². The Balaban J connectivity index is 0. The van der Waals surface area contributed by atoms with Gasteiger partial charge in [0.1, 0.15) is 6.08 Å². The number of hydrogen-bond acceptors (Lipinski definition) is 2. The van der Waals surface area contributed by atoms with Crippen molar-refractivity contribution < 1.29 is 20.5 Å². The first-order valence-corrected chi connectivity index (χ1v) is 1.15. The number of aliphatic carboxylic acids is 1. The Morgan fingerprint density at radius 1 is 2.14 bits per heavy atom. The van der Waals surface area contributed by atoms with Gasteiger partial charge in [-0.3, -0.25) is 0 Å². The van der Waals surface area contributed by atoms with Crippen molar-refractivity contribution in [1.82, 2.24) is 0 Å². The smallest absolute Gasteiger partial charge is 0.332 e. The maximum absolute atomic E-state index is 9.87. The summed E-state index contributed by atoms with van der Waals surface area (Å²) in [6.45, 7) is -3.21. The molecule has 0 aliphatic heterocycles. The van der Waals surface area contributed by atoms with Gasteiger partial charge >= 0.3 is 5.97 Å². The fourth-order valence-corrected chi connectivity index (χ4v) is 0. The molecule has 0 aliphatic carbocycles. The topological polar surface area (TPSA) is 57.5 Å². The van der Waals surface area contributed by atoms with E-state index < -0.39 is 18.9 Å². The van der Waals surface area contributed by atoms with Crippen molar-refractivity contribution in [3.05, 3.63) is 0 Å². The second kappa shape index (κ2) is 4.59. The molecule has 0 spiro atoms. The zero-order valence-corrected chi connectivity index (χ0v) is 5.80. The summed E-state index contributed by atoms with van der Waals surface area (Å²) in [5.74, 6) is -2.08. The molecule has 1 unspecified atom stereocenters. The molecule has 37 valence electrons. The SMILES string of the molecule is [2H]C([2H])([2H])C([2H])(O)C(=O)O.[Na]. The average molecular weight is 117 g/mol. The number of aliphatic hydroxyl groups is 1. The normalized spacial score (nSPS) is 26.4. The van der Waals surface area contributed by atoms with Crippen LogP contribution >= 0.6 is 0 Å². The average Bonchev–Trinajstić information content (AvgIpc) is 1.62. The van der Waals surface area contributed by atoms with Crippen LogP contribution in [0.3, 0.4) is 0 Å². The summed E-state index contributed by atoms with van der Waals surface area (Å²) >= 11 is 0. The van der Waals surface area contributed by atoms with Gasteiger partial charge in [0.2, 0.25) is 0 Å². The van der Waals surface area contributed by atoms with Crippen molar-refractivity contribution >= 4 is 35.5 Å². The molecule has 0 bridgehead atoms. The summed E-state index contributed by atoms with van der Waals surface area (Å²) in [4.78, 5) is 9.87. The molecule has 0 saturated heterocycles. The summed E-state index contributed by atoms with van der Waals surface area (Å²) in [5, 5.41) is 16.4. The quantitative estimate of drug-likeness (QED) is 0.436. The van der Waals surface area contributed by atoms with Gasteiger partial charge < -0.3 is 10.2 Å². The Hall–Kier alpha value is 0.430. The van der Waals surface area contributed by atoms with E-state index in [9.17, 15) is 4.79 Å². The maximum atomic E-state index is 9.87. The molecule has 0 aromatic carbocycles. The Morgan fingerprint density at radius 3 is 2.57 bits per heavy atom. The zero-order valence-electron chi connectivity index (χ0n) is 7.80. The van der Waals surface area contributed by atoms with E-state index in [0.717, 1.165) is 0 Å². The molecular weight excluding hydrogens is 107 g/mol. The molecule has 2 N–H and O–H groups in total.